The van der Waals surface area contributed by atoms with Crippen LogP contribution in [0.4, 0.5) is 0 Å². The Hall–Kier alpha value is -3.81. The van der Waals surface area contributed by atoms with Crippen molar-refractivity contribution in [2.24, 2.45) is 5.92 Å². The first-order valence-electron chi connectivity index (χ1n) is 11.1. The number of carbonyl (C=O) groups excluding carboxylic acids is 2. The van der Waals surface area contributed by atoms with Gasteiger partial charge in [-0.3, -0.25) is 14.4 Å². The van der Waals surface area contributed by atoms with Gasteiger partial charge in [0.25, 0.3) is 5.91 Å². The lowest BCUT2D eigenvalue weighted by atomic mass is 10.1. The Morgan fingerprint density at radius 2 is 1.64 bits per heavy atom. The highest BCUT2D eigenvalue weighted by molar-refractivity contribution is 5.93. The van der Waals surface area contributed by atoms with E-state index in [0.717, 1.165) is 23.5 Å². The van der Waals surface area contributed by atoms with Gasteiger partial charge in [0.15, 0.2) is 22.7 Å². The summed E-state index contributed by atoms with van der Waals surface area (Å²) >= 11 is 0. The number of piperazine rings is 1. The molecule has 0 bridgehead atoms. The molecule has 3 aliphatic rings. The van der Waals surface area contributed by atoms with Crippen LogP contribution >= 0.6 is 0 Å². The van der Waals surface area contributed by atoms with Gasteiger partial charge >= 0.3 is 0 Å². The number of fused-ring (bicyclic) bond motifs is 2. The van der Waals surface area contributed by atoms with Gasteiger partial charge in [-0.25, -0.2) is 0 Å². The van der Waals surface area contributed by atoms with Crippen LogP contribution in [0.25, 0.3) is 11.0 Å². The fourth-order valence-corrected chi connectivity index (χ4v) is 4.71. The molecule has 2 aromatic carbocycles. The second-order valence-corrected chi connectivity index (χ2v) is 8.65. The third-order valence-corrected chi connectivity index (χ3v) is 6.66. The Balaban J connectivity index is 1.09. The Morgan fingerprint density at radius 3 is 2.48 bits per heavy atom. The molecule has 2 fully saturated rings. The molecule has 8 nitrogen and oxygen atoms in total. The zero-order chi connectivity index (χ0) is 22.5. The Bertz CT molecular complexity index is 1320. The van der Waals surface area contributed by atoms with Gasteiger partial charge < -0.3 is 23.7 Å². The maximum atomic E-state index is 13.0. The minimum absolute atomic E-state index is 0.0311. The summed E-state index contributed by atoms with van der Waals surface area (Å²) in [5.41, 5.74) is 1.25. The number of hydrogen-bond donors (Lipinski definition) is 0. The molecule has 168 valence electrons. The van der Waals surface area contributed by atoms with Gasteiger partial charge in [-0.05, 0) is 42.2 Å². The summed E-state index contributed by atoms with van der Waals surface area (Å²) in [6.07, 6.45) is 0.819. The minimum atomic E-state index is -0.324. The van der Waals surface area contributed by atoms with E-state index in [9.17, 15) is 14.4 Å². The zero-order valence-electron chi connectivity index (χ0n) is 17.9. The molecule has 33 heavy (non-hydrogen) atoms. The first kappa shape index (κ1) is 19.8. The van der Waals surface area contributed by atoms with Crippen LogP contribution in [0.15, 0.2) is 57.7 Å². The highest BCUT2D eigenvalue weighted by Crippen LogP contribution is 2.50. The van der Waals surface area contributed by atoms with Crippen molar-refractivity contribution < 1.29 is 23.5 Å². The zero-order valence-corrected chi connectivity index (χ0v) is 17.9. The van der Waals surface area contributed by atoms with Crippen molar-refractivity contribution in [2.45, 2.75) is 12.3 Å². The highest BCUT2D eigenvalue weighted by atomic mass is 16.7. The van der Waals surface area contributed by atoms with Crippen LogP contribution in [0.5, 0.6) is 11.5 Å². The van der Waals surface area contributed by atoms with Gasteiger partial charge in [-0.15, -0.1) is 0 Å². The van der Waals surface area contributed by atoms with E-state index in [1.807, 2.05) is 23.1 Å². The van der Waals surface area contributed by atoms with Crippen LogP contribution in [0.2, 0.25) is 0 Å². The Labute approximate surface area is 189 Å². The summed E-state index contributed by atoms with van der Waals surface area (Å²) in [7, 11) is 0. The summed E-state index contributed by atoms with van der Waals surface area (Å²) in [5.74, 6) is 1.47. The van der Waals surface area contributed by atoms with Gasteiger partial charge in [-0.2, -0.15) is 0 Å². The van der Waals surface area contributed by atoms with E-state index >= 15 is 0 Å². The molecule has 1 aliphatic carbocycles. The van der Waals surface area contributed by atoms with E-state index in [0.29, 0.717) is 37.1 Å². The van der Waals surface area contributed by atoms with E-state index in [-0.39, 0.29) is 41.6 Å². The maximum Gasteiger partial charge on any atom is 0.289 e. The summed E-state index contributed by atoms with van der Waals surface area (Å²) in [4.78, 5) is 41.7. The van der Waals surface area contributed by atoms with Crippen LogP contribution in [-0.2, 0) is 4.79 Å². The summed E-state index contributed by atoms with van der Waals surface area (Å²) in [5, 5.41) is 0.450. The Morgan fingerprint density at radius 1 is 0.879 bits per heavy atom. The first-order chi connectivity index (χ1) is 16.1. The average molecular weight is 446 g/mol. The normalized spacial score (nSPS) is 21.3. The van der Waals surface area contributed by atoms with Crippen molar-refractivity contribution >= 4 is 22.8 Å². The van der Waals surface area contributed by atoms with Crippen molar-refractivity contribution in [3.8, 4) is 11.5 Å². The standard InChI is InChI=1S/C25H22N2O6/c28-19-13-23(33-20-4-2-1-3-16(19)20)25(30)27-9-7-26(8-10-27)24(29)18-12-17(18)15-5-6-21-22(11-15)32-14-31-21/h1-6,11,13,17-18H,7-10,12,14H2. The molecule has 2 unspecified atom stereocenters. The van der Waals surface area contributed by atoms with Gasteiger partial charge in [0.05, 0.1) is 5.39 Å². The number of amides is 2. The van der Waals surface area contributed by atoms with Crippen LogP contribution < -0.4 is 14.9 Å². The predicted molar refractivity (Wildman–Crippen MR) is 118 cm³/mol. The lowest BCUT2D eigenvalue weighted by molar-refractivity contribution is -0.134. The molecule has 6 rings (SSSR count). The molecule has 1 aromatic heterocycles. The maximum absolute atomic E-state index is 13.0. The lowest BCUT2D eigenvalue weighted by Crippen LogP contribution is -2.51. The van der Waals surface area contributed by atoms with Crippen LogP contribution in [-0.4, -0.2) is 54.6 Å². The van der Waals surface area contributed by atoms with Gasteiger partial charge in [-0.1, -0.05) is 18.2 Å². The fraction of sp³-hybridized carbons (Fsp3) is 0.320. The lowest BCUT2D eigenvalue weighted by Gasteiger charge is -2.34. The van der Waals surface area contributed by atoms with E-state index in [2.05, 4.69) is 0 Å². The molecular formula is C25H22N2O6. The number of benzene rings is 2. The quantitative estimate of drug-likeness (QED) is 0.615. The van der Waals surface area contributed by atoms with Gasteiger partial charge in [0, 0.05) is 38.2 Å². The van der Waals surface area contributed by atoms with E-state index in [1.165, 1.54) is 6.07 Å². The highest BCUT2D eigenvalue weighted by Gasteiger charge is 2.46. The fourth-order valence-electron chi connectivity index (χ4n) is 4.71. The summed E-state index contributed by atoms with van der Waals surface area (Å²) in [6.45, 7) is 1.97. The summed E-state index contributed by atoms with van der Waals surface area (Å²) in [6, 6.07) is 14.0. The SMILES string of the molecule is O=C(c1cc(=O)c2ccccc2o1)N1CCN(C(=O)C2CC2c2ccc3c(c2)OCO3)CC1. The molecule has 2 atom stereocenters. The van der Waals surface area contributed by atoms with Crippen molar-refractivity contribution in [3.63, 3.8) is 0 Å². The van der Waals surface area contributed by atoms with E-state index < -0.39 is 0 Å². The van der Waals surface area contributed by atoms with Crippen molar-refractivity contribution in [3.05, 3.63) is 70.1 Å². The molecular weight excluding hydrogens is 424 g/mol. The average Bonchev–Trinajstić information content (AvgIpc) is 3.52. The molecule has 0 N–H and O–H groups in total. The van der Waals surface area contributed by atoms with Crippen molar-refractivity contribution in [1.29, 1.82) is 0 Å². The second-order valence-electron chi connectivity index (χ2n) is 8.65. The molecule has 1 saturated carbocycles. The van der Waals surface area contributed by atoms with Gasteiger partial charge in [0.1, 0.15) is 5.58 Å². The Kier molecular flexibility index (Phi) is 4.60. The molecule has 1 saturated heterocycles. The van der Waals surface area contributed by atoms with Crippen LogP contribution in [0.3, 0.4) is 0 Å². The third kappa shape index (κ3) is 3.51. The van der Waals surface area contributed by atoms with Crippen LogP contribution in [0.1, 0.15) is 28.5 Å². The number of carbonyl (C=O) groups is 2. The number of nitrogens with zero attached hydrogens (tertiary/aromatic N) is 2. The van der Waals surface area contributed by atoms with Crippen LogP contribution in [0, 0.1) is 5.92 Å². The van der Waals surface area contributed by atoms with Crippen molar-refractivity contribution in [2.75, 3.05) is 33.0 Å². The summed E-state index contributed by atoms with van der Waals surface area (Å²) < 4.78 is 16.5. The number of para-hydroxylation sites is 1. The van der Waals surface area contributed by atoms with Crippen molar-refractivity contribution in [1.82, 2.24) is 9.80 Å². The van der Waals surface area contributed by atoms with Gasteiger partial charge in [0.2, 0.25) is 12.7 Å². The molecule has 8 heteroatoms. The molecule has 0 spiro atoms. The third-order valence-electron chi connectivity index (χ3n) is 6.66. The monoisotopic (exact) mass is 446 g/mol. The van der Waals surface area contributed by atoms with E-state index in [1.54, 1.807) is 29.2 Å². The second kappa shape index (κ2) is 7.65. The first-order valence-corrected chi connectivity index (χ1v) is 11.1. The molecule has 3 heterocycles. The number of hydrogen-bond acceptors (Lipinski definition) is 6. The predicted octanol–water partition coefficient (Wildman–Crippen LogP) is 2.61. The molecule has 0 radical (unpaired) electrons. The number of ether oxygens (including phenoxy) is 2. The molecule has 2 amide bonds. The smallest absolute Gasteiger partial charge is 0.289 e. The largest absolute Gasteiger partial charge is 0.454 e. The minimum Gasteiger partial charge on any atom is -0.454 e. The topological polar surface area (TPSA) is 89.3 Å². The molecule has 2 aliphatic heterocycles. The number of rotatable bonds is 3. The molecule has 3 aromatic rings. The van der Waals surface area contributed by atoms with E-state index in [4.69, 9.17) is 13.9 Å².